The van der Waals surface area contributed by atoms with E-state index in [9.17, 15) is 14.3 Å². The number of carbonyl (C=O) groups excluding carboxylic acids is 1. The summed E-state index contributed by atoms with van der Waals surface area (Å²) in [7, 11) is 0. The van der Waals surface area contributed by atoms with Crippen LogP contribution in [0.5, 0.6) is 0 Å². The second-order valence-electron chi connectivity index (χ2n) is 7.10. The molecule has 0 saturated carbocycles. The molecule has 2 saturated heterocycles. The molecule has 2 heterocycles. The Balaban J connectivity index is 1.51. The molecule has 1 aromatic carbocycles. The quantitative estimate of drug-likeness (QED) is 0.788. The molecule has 0 aliphatic carbocycles. The number of hydrogen-bond acceptors (Lipinski definition) is 3. The maximum Gasteiger partial charge on any atom is 0.315 e. The summed E-state index contributed by atoms with van der Waals surface area (Å²) in [5.74, 6) is -0.349. The Bertz CT molecular complexity index is 576. The van der Waals surface area contributed by atoms with E-state index in [1.807, 2.05) is 0 Å². The minimum absolute atomic E-state index is 0.0750. The standard InChI is InChI=1S/C18H26FN3O2/c1-18(24,13-5-7-14(19)8-6-13)12-20-17(23)21-15-9-11-22-10-3-2-4-16(15)22/h5-8,15-16,24H,2-4,9-12H2,1H3,(H2,20,21,23). The van der Waals surface area contributed by atoms with E-state index in [1.165, 1.54) is 37.1 Å². The molecule has 3 rings (SSSR count). The van der Waals surface area contributed by atoms with Crippen LogP contribution in [0.25, 0.3) is 0 Å². The highest BCUT2D eigenvalue weighted by Crippen LogP contribution is 2.27. The van der Waals surface area contributed by atoms with Crippen molar-refractivity contribution in [2.75, 3.05) is 19.6 Å². The molecule has 3 unspecified atom stereocenters. The van der Waals surface area contributed by atoms with Crippen molar-refractivity contribution in [1.29, 1.82) is 0 Å². The van der Waals surface area contributed by atoms with Gasteiger partial charge >= 0.3 is 6.03 Å². The van der Waals surface area contributed by atoms with Crippen LogP contribution in [-0.4, -0.2) is 47.8 Å². The Morgan fingerprint density at radius 2 is 2.04 bits per heavy atom. The maximum absolute atomic E-state index is 13.0. The Hall–Kier alpha value is -1.66. The molecule has 24 heavy (non-hydrogen) atoms. The van der Waals surface area contributed by atoms with Gasteiger partial charge < -0.3 is 15.7 Å². The third-order valence-electron chi connectivity index (χ3n) is 5.23. The lowest BCUT2D eigenvalue weighted by Gasteiger charge is -2.32. The van der Waals surface area contributed by atoms with Gasteiger partial charge in [0.05, 0.1) is 6.54 Å². The van der Waals surface area contributed by atoms with E-state index < -0.39 is 5.60 Å². The first-order valence-electron chi connectivity index (χ1n) is 8.72. The van der Waals surface area contributed by atoms with Crippen molar-refractivity contribution < 1.29 is 14.3 Å². The van der Waals surface area contributed by atoms with Crippen LogP contribution >= 0.6 is 0 Å². The number of fused-ring (bicyclic) bond motifs is 1. The van der Waals surface area contributed by atoms with E-state index in [4.69, 9.17) is 0 Å². The van der Waals surface area contributed by atoms with Crippen LogP contribution in [0.3, 0.4) is 0 Å². The van der Waals surface area contributed by atoms with Crippen LogP contribution in [-0.2, 0) is 5.60 Å². The van der Waals surface area contributed by atoms with Gasteiger partial charge in [-0.15, -0.1) is 0 Å². The van der Waals surface area contributed by atoms with E-state index in [0.29, 0.717) is 11.6 Å². The number of halogens is 1. The fourth-order valence-electron chi connectivity index (χ4n) is 3.80. The number of nitrogens with zero attached hydrogens (tertiary/aromatic N) is 1. The molecule has 0 spiro atoms. The van der Waals surface area contributed by atoms with Crippen molar-refractivity contribution >= 4 is 6.03 Å². The van der Waals surface area contributed by atoms with E-state index in [0.717, 1.165) is 25.9 Å². The average Bonchev–Trinajstić information content (AvgIpc) is 2.97. The van der Waals surface area contributed by atoms with Crippen molar-refractivity contribution in [2.24, 2.45) is 0 Å². The monoisotopic (exact) mass is 335 g/mol. The molecular formula is C18H26FN3O2. The number of amides is 2. The predicted octanol–water partition coefficient (Wildman–Crippen LogP) is 1.96. The summed E-state index contributed by atoms with van der Waals surface area (Å²) in [6.07, 6.45) is 4.58. The highest BCUT2D eigenvalue weighted by Gasteiger charge is 2.36. The zero-order chi connectivity index (χ0) is 17.2. The molecule has 2 aliphatic heterocycles. The van der Waals surface area contributed by atoms with Crippen molar-refractivity contribution in [3.05, 3.63) is 35.6 Å². The third kappa shape index (κ3) is 3.87. The number of rotatable bonds is 4. The van der Waals surface area contributed by atoms with Gasteiger partial charge in [0.2, 0.25) is 0 Å². The molecule has 132 valence electrons. The van der Waals surface area contributed by atoms with Crippen molar-refractivity contribution in [1.82, 2.24) is 15.5 Å². The summed E-state index contributed by atoms with van der Waals surface area (Å²) in [5, 5.41) is 16.3. The van der Waals surface area contributed by atoms with Crippen molar-refractivity contribution in [3.8, 4) is 0 Å². The predicted molar refractivity (Wildman–Crippen MR) is 90.1 cm³/mol. The Morgan fingerprint density at radius 1 is 1.29 bits per heavy atom. The van der Waals surface area contributed by atoms with Crippen LogP contribution in [0.4, 0.5) is 9.18 Å². The molecule has 3 N–H and O–H groups in total. The van der Waals surface area contributed by atoms with E-state index >= 15 is 0 Å². The van der Waals surface area contributed by atoms with Gasteiger partial charge in [0.25, 0.3) is 0 Å². The van der Waals surface area contributed by atoms with Gasteiger partial charge in [-0.05, 0) is 50.4 Å². The number of benzene rings is 1. The third-order valence-corrected chi connectivity index (χ3v) is 5.23. The van der Waals surface area contributed by atoms with Gasteiger partial charge in [0.15, 0.2) is 0 Å². The van der Waals surface area contributed by atoms with Gasteiger partial charge in [-0.1, -0.05) is 18.6 Å². The van der Waals surface area contributed by atoms with Crippen molar-refractivity contribution in [2.45, 2.75) is 50.3 Å². The normalized spacial score (nSPS) is 26.5. The number of aliphatic hydroxyl groups is 1. The lowest BCUT2D eigenvalue weighted by Crippen LogP contribution is -2.51. The summed E-state index contributed by atoms with van der Waals surface area (Å²) >= 11 is 0. The summed E-state index contributed by atoms with van der Waals surface area (Å²) in [6, 6.07) is 6.05. The maximum atomic E-state index is 13.0. The number of nitrogens with one attached hydrogen (secondary N) is 2. The Labute approximate surface area is 142 Å². The molecule has 0 radical (unpaired) electrons. The smallest absolute Gasteiger partial charge is 0.315 e. The second-order valence-corrected chi connectivity index (χ2v) is 7.10. The van der Waals surface area contributed by atoms with E-state index in [-0.39, 0.29) is 24.4 Å². The highest BCUT2D eigenvalue weighted by molar-refractivity contribution is 5.74. The zero-order valence-electron chi connectivity index (χ0n) is 14.1. The fraction of sp³-hybridized carbons (Fsp3) is 0.611. The molecule has 2 amide bonds. The molecule has 1 aromatic rings. The first kappa shape index (κ1) is 17.2. The molecule has 5 nitrogen and oxygen atoms in total. The lowest BCUT2D eigenvalue weighted by molar-refractivity contribution is 0.0591. The number of carbonyl (C=O) groups is 1. The molecular weight excluding hydrogens is 309 g/mol. The van der Waals surface area contributed by atoms with Gasteiger partial charge in [0.1, 0.15) is 11.4 Å². The summed E-state index contributed by atoms with van der Waals surface area (Å²) in [6.45, 7) is 3.86. The molecule has 0 aromatic heterocycles. The molecule has 6 heteroatoms. The van der Waals surface area contributed by atoms with Gasteiger partial charge in [-0.25, -0.2) is 9.18 Å². The summed E-state index contributed by atoms with van der Waals surface area (Å²) in [5.41, 5.74) is -0.666. The second kappa shape index (κ2) is 7.07. The number of hydrogen-bond donors (Lipinski definition) is 3. The van der Waals surface area contributed by atoms with Gasteiger partial charge in [-0.2, -0.15) is 0 Å². The zero-order valence-corrected chi connectivity index (χ0v) is 14.1. The molecule has 3 atom stereocenters. The minimum atomic E-state index is -1.24. The van der Waals surface area contributed by atoms with E-state index in [1.54, 1.807) is 6.92 Å². The topological polar surface area (TPSA) is 64.6 Å². The molecule has 2 aliphatic rings. The van der Waals surface area contributed by atoms with Crippen LogP contribution in [0.1, 0.15) is 38.2 Å². The number of piperidine rings is 1. The SMILES string of the molecule is CC(O)(CNC(=O)NC1CCN2CCCCC12)c1ccc(F)cc1. The minimum Gasteiger partial charge on any atom is -0.384 e. The lowest BCUT2D eigenvalue weighted by atomic mass is 9.96. The van der Waals surface area contributed by atoms with E-state index in [2.05, 4.69) is 15.5 Å². The van der Waals surface area contributed by atoms with Gasteiger partial charge in [0, 0.05) is 18.6 Å². The van der Waals surface area contributed by atoms with Gasteiger partial charge in [-0.3, -0.25) is 4.90 Å². The first-order chi connectivity index (χ1) is 11.5. The highest BCUT2D eigenvalue weighted by atomic mass is 19.1. The Kier molecular flexibility index (Phi) is 5.06. The summed E-state index contributed by atoms with van der Waals surface area (Å²) < 4.78 is 13.0. The Morgan fingerprint density at radius 3 is 2.79 bits per heavy atom. The van der Waals surface area contributed by atoms with Crippen LogP contribution < -0.4 is 10.6 Å². The van der Waals surface area contributed by atoms with Crippen LogP contribution in [0, 0.1) is 5.82 Å². The molecule has 0 bridgehead atoms. The van der Waals surface area contributed by atoms with Crippen LogP contribution in [0.2, 0.25) is 0 Å². The first-order valence-corrected chi connectivity index (χ1v) is 8.72. The fourth-order valence-corrected chi connectivity index (χ4v) is 3.80. The largest absolute Gasteiger partial charge is 0.384 e. The average molecular weight is 335 g/mol. The molecule has 2 fully saturated rings. The van der Waals surface area contributed by atoms with Crippen molar-refractivity contribution in [3.63, 3.8) is 0 Å². The summed E-state index contributed by atoms with van der Waals surface area (Å²) in [4.78, 5) is 14.7. The number of urea groups is 1. The van der Waals surface area contributed by atoms with Crippen LogP contribution in [0.15, 0.2) is 24.3 Å².